The molecule has 2 rings (SSSR count). The largest absolute Gasteiger partial charge is 0.384 e. The van der Waals surface area contributed by atoms with Crippen molar-refractivity contribution in [2.24, 2.45) is 0 Å². The molecule has 4 nitrogen and oxygen atoms in total. The van der Waals surface area contributed by atoms with Gasteiger partial charge in [-0.05, 0) is 57.6 Å². The summed E-state index contributed by atoms with van der Waals surface area (Å²) in [5, 5.41) is 11.9. The van der Waals surface area contributed by atoms with Gasteiger partial charge < -0.3 is 15.3 Å². The van der Waals surface area contributed by atoms with Crippen LogP contribution in [0.2, 0.25) is 0 Å². The predicted octanol–water partition coefficient (Wildman–Crippen LogP) is 1.16. The topological polar surface area (TPSA) is 52.6 Å². The molecule has 1 fully saturated rings. The summed E-state index contributed by atoms with van der Waals surface area (Å²) < 4.78 is 0. The number of aliphatic hydroxyl groups excluding tert-OH is 1. The van der Waals surface area contributed by atoms with Crippen LogP contribution in [0.25, 0.3) is 0 Å². The molecule has 0 bridgehead atoms. The third kappa shape index (κ3) is 4.32. The van der Waals surface area contributed by atoms with Crippen LogP contribution in [0.5, 0.6) is 0 Å². The van der Waals surface area contributed by atoms with Gasteiger partial charge in [-0.1, -0.05) is 17.9 Å². The number of piperidine rings is 1. The first-order chi connectivity index (χ1) is 10.1. The number of amides is 1. The molecule has 2 N–H and O–H groups in total. The summed E-state index contributed by atoms with van der Waals surface area (Å²) in [4.78, 5) is 14.7. The second-order valence-electron chi connectivity index (χ2n) is 5.54. The predicted molar refractivity (Wildman–Crippen MR) is 83.1 cm³/mol. The molecule has 0 spiro atoms. The molecule has 0 atom stereocenters. The zero-order chi connectivity index (χ0) is 15.2. The lowest BCUT2D eigenvalue weighted by Crippen LogP contribution is -2.43. The summed E-state index contributed by atoms with van der Waals surface area (Å²) in [5.41, 5.74) is 2.36. The summed E-state index contributed by atoms with van der Waals surface area (Å²) in [6.45, 7) is 3.79. The first kappa shape index (κ1) is 15.6. The van der Waals surface area contributed by atoms with E-state index in [2.05, 4.69) is 29.1 Å². The Hall–Kier alpha value is -1.83. The molecular formula is C17H22N2O2. The van der Waals surface area contributed by atoms with E-state index in [9.17, 15) is 4.79 Å². The van der Waals surface area contributed by atoms with Gasteiger partial charge in [-0.3, -0.25) is 4.79 Å². The molecule has 0 aliphatic carbocycles. The number of likely N-dealkylation sites (tertiary alicyclic amines) is 1. The van der Waals surface area contributed by atoms with E-state index in [0.717, 1.165) is 37.1 Å². The summed E-state index contributed by atoms with van der Waals surface area (Å²) in [5.74, 6) is 5.41. The number of aryl methyl sites for hydroxylation is 1. The third-order valence-corrected chi connectivity index (χ3v) is 3.85. The number of benzene rings is 1. The van der Waals surface area contributed by atoms with E-state index in [1.807, 2.05) is 19.1 Å². The van der Waals surface area contributed by atoms with Gasteiger partial charge in [0.2, 0.25) is 0 Å². The van der Waals surface area contributed by atoms with E-state index in [1.165, 1.54) is 0 Å². The van der Waals surface area contributed by atoms with Crippen molar-refractivity contribution in [3.05, 3.63) is 34.9 Å². The maximum absolute atomic E-state index is 12.4. The highest BCUT2D eigenvalue weighted by Crippen LogP contribution is 2.13. The van der Waals surface area contributed by atoms with Gasteiger partial charge in [0.1, 0.15) is 6.61 Å². The number of nitrogens with one attached hydrogen (secondary N) is 1. The Morgan fingerprint density at radius 1 is 1.43 bits per heavy atom. The second kappa shape index (κ2) is 7.26. The quantitative estimate of drug-likeness (QED) is 0.802. The van der Waals surface area contributed by atoms with Crippen molar-refractivity contribution in [3.8, 4) is 11.8 Å². The van der Waals surface area contributed by atoms with Crippen LogP contribution in [0.15, 0.2) is 18.2 Å². The highest BCUT2D eigenvalue weighted by molar-refractivity contribution is 5.96. The summed E-state index contributed by atoms with van der Waals surface area (Å²) in [6, 6.07) is 5.80. The lowest BCUT2D eigenvalue weighted by molar-refractivity contribution is 0.0916. The Morgan fingerprint density at radius 3 is 2.81 bits per heavy atom. The van der Waals surface area contributed by atoms with Crippen LogP contribution >= 0.6 is 0 Å². The van der Waals surface area contributed by atoms with Gasteiger partial charge in [0, 0.05) is 17.2 Å². The molecule has 1 aliphatic rings. The van der Waals surface area contributed by atoms with Crippen molar-refractivity contribution in [3.63, 3.8) is 0 Å². The zero-order valence-electron chi connectivity index (χ0n) is 12.6. The molecule has 21 heavy (non-hydrogen) atoms. The van der Waals surface area contributed by atoms with Crippen molar-refractivity contribution < 1.29 is 9.90 Å². The number of carbonyl (C=O) groups excluding carboxylic acids is 1. The van der Waals surface area contributed by atoms with E-state index in [4.69, 9.17) is 5.11 Å². The third-order valence-electron chi connectivity index (χ3n) is 3.85. The smallest absolute Gasteiger partial charge is 0.251 e. The Bertz CT molecular complexity index is 564. The second-order valence-corrected chi connectivity index (χ2v) is 5.54. The van der Waals surface area contributed by atoms with Crippen LogP contribution in [-0.4, -0.2) is 48.7 Å². The minimum atomic E-state index is -0.176. The molecular weight excluding hydrogens is 264 g/mol. The van der Waals surface area contributed by atoms with Crippen LogP contribution < -0.4 is 5.32 Å². The summed E-state index contributed by atoms with van der Waals surface area (Å²) >= 11 is 0. The fourth-order valence-corrected chi connectivity index (χ4v) is 2.50. The highest BCUT2D eigenvalue weighted by Gasteiger charge is 2.19. The lowest BCUT2D eigenvalue weighted by atomic mass is 10.0. The fraction of sp³-hybridized carbons (Fsp3) is 0.471. The molecule has 112 valence electrons. The van der Waals surface area contributed by atoms with Crippen LogP contribution in [0.4, 0.5) is 0 Å². The van der Waals surface area contributed by atoms with Crippen molar-refractivity contribution >= 4 is 5.91 Å². The summed E-state index contributed by atoms with van der Waals surface area (Å²) in [6.07, 6.45) is 1.98. The van der Waals surface area contributed by atoms with Gasteiger partial charge in [-0.2, -0.15) is 0 Å². The number of nitrogens with zero attached hydrogens (tertiary/aromatic N) is 1. The number of rotatable bonds is 2. The Labute approximate surface area is 126 Å². The zero-order valence-corrected chi connectivity index (χ0v) is 12.6. The maximum atomic E-state index is 12.4. The molecule has 0 saturated carbocycles. The monoisotopic (exact) mass is 286 g/mol. The SMILES string of the molecule is Cc1ccc(C#CCO)cc1C(=O)NC1CCN(C)CC1. The number of hydrogen-bond donors (Lipinski definition) is 2. The van der Waals surface area contributed by atoms with Gasteiger partial charge >= 0.3 is 0 Å². The van der Waals surface area contributed by atoms with Crippen LogP contribution in [0, 0.1) is 18.8 Å². The van der Waals surface area contributed by atoms with Crippen molar-refractivity contribution in [1.82, 2.24) is 10.2 Å². The fourth-order valence-electron chi connectivity index (χ4n) is 2.50. The van der Waals surface area contributed by atoms with Gasteiger partial charge in [0.15, 0.2) is 0 Å². The molecule has 1 saturated heterocycles. The van der Waals surface area contributed by atoms with Crippen molar-refractivity contribution in [1.29, 1.82) is 0 Å². The van der Waals surface area contributed by atoms with Crippen LogP contribution in [-0.2, 0) is 0 Å². The van der Waals surface area contributed by atoms with Crippen LogP contribution in [0.3, 0.4) is 0 Å². The van der Waals surface area contributed by atoms with Gasteiger partial charge in [-0.15, -0.1) is 0 Å². The molecule has 1 aromatic rings. The number of aliphatic hydroxyl groups is 1. The molecule has 1 aliphatic heterocycles. The highest BCUT2D eigenvalue weighted by atomic mass is 16.2. The van der Waals surface area contributed by atoms with E-state index in [0.29, 0.717) is 5.56 Å². The van der Waals surface area contributed by atoms with Crippen molar-refractivity contribution in [2.75, 3.05) is 26.7 Å². The molecule has 0 unspecified atom stereocenters. The molecule has 0 aromatic heterocycles. The first-order valence-corrected chi connectivity index (χ1v) is 7.30. The molecule has 1 aromatic carbocycles. The molecule has 1 amide bonds. The van der Waals surface area contributed by atoms with E-state index in [1.54, 1.807) is 6.07 Å². The van der Waals surface area contributed by atoms with Gasteiger partial charge in [0.25, 0.3) is 5.91 Å². The van der Waals surface area contributed by atoms with E-state index >= 15 is 0 Å². The first-order valence-electron chi connectivity index (χ1n) is 7.30. The Morgan fingerprint density at radius 2 is 2.14 bits per heavy atom. The molecule has 1 heterocycles. The van der Waals surface area contributed by atoms with Crippen molar-refractivity contribution in [2.45, 2.75) is 25.8 Å². The van der Waals surface area contributed by atoms with Gasteiger partial charge in [0.05, 0.1) is 0 Å². The average Bonchev–Trinajstić information content (AvgIpc) is 2.48. The number of hydrogen-bond acceptors (Lipinski definition) is 3. The maximum Gasteiger partial charge on any atom is 0.251 e. The van der Waals surface area contributed by atoms with Crippen LogP contribution in [0.1, 0.15) is 34.3 Å². The molecule has 4 heteroatoms. The van der Waals surface area contributed by atoms with E-state index in [-0.39, 0.29) is 18.6 Å². The molecule has 0 radical (unpaired) electrons. The lowest BCUT2D eigenvalue weighted by Gasteiger charge is -2.29. The van der Waals surface area contributed by atoms with E-state index < -0.39 is 0 Å². The Kier molecular flexibility index (Phi) is 5.38. The normalized spacial score (nSPS) is 16.1. The minimum Gasteiger partial charge on any atom is -0.384 e. The Balaban J connectivity index is 2.07. The summed E-state index contributed by atoms with van der Waals surface area (Å²) in [7, 11) is 2.10. The minimum absolute atomic E-state index is 0.0327. The van der Waals surface area contributed by atoms with Gasteiger partial charge in [-0.25, -0.2) is 0 Å². The average molecular weight is 286 g/mol. The number of carbonyl (C=O) groups is 1. The standard InChI is InChI=1S/C17H22N2O2/c1-13-5-6-14(4-3-11-20)12-16(13)17(21)18-15-7-9-19(2)10-8-15/h5-6,12,15,20H,7-11H2,1-2H3,(H,18,21).